The molecule has 102 valence electrons. The highest BCUT2D eigenvalue weighted by Gasteiger charge is 2.13. The fraction of sp³-hybridized carbons (Fsp3) is 0.600. The first-order valence-electron chi connectivity index (χ1n) is 6.78. The number of benzene rings is 1. The molecule has 0 aliphatic rings. The largest absolute Gasteiger partial charge is 0.493 e. The fourth-order valence-electron chi connectivity index (χ4n) is 1.91. The molecule has 3 heteroatoms. The van der Waals surface area contributed by atoms with Crippen molar-refractivity contribution in [1.29, 1.82) is 0 Å². The van der Waals surface area contributed by atoms with Crippen LogP contribution in [0.1, 0.15) is 38.8 Å². The summed E-state index contributed by atoms with van der Waals surface area (Å²) in [5.41, 5.74) is 1.20. The van der Waals surface area contributed by atoms with Crippen molar-refractivity contribution in [2.75, 3.05) is 19.8 Å². The van der Waals surface area contributed by atoms with Crippen LogP contribution < -0.4 is 10.1 Å². The highest BCUT2D eigenvalue weighted by Crippen LogP contribution is 2.27. The fourth-order valence-corrected chi connectivity index (χ4v) is 1.91. The van der Waals surface area contributed by atoms with Gasteiger partial charge in [0, 0.05) is 24.1 Å². The van der Waals surface area contributed by atoms with Crippen molar-refractivity contribution < 1.29 is 9.84 Å². The van der Waals surface area contributed by atoms with Crippen LogP contribution in [0.3, 0.4) is 0 Å². The molecule has 0 saturated carbocycles. The Balaban J connectivity index is 2.77. The molecular formula is C15H25NO2. The third-order valence-electron chi connectivity index (χ3n) is 2.99. The summed E-state index contributed by atoms with van der Waals surface area (Å²) in [6, 6.07) is 8.46. The lowest BCUT2D eigenvalue weighted by Crippen LogP contribution is -2.21. The molecule has 0 amide bonds. The van der Waals surface area contributed by atoms with E-state index in [9.17, 15) is 0 Å². The van der Waals surface area contributed by atoms with Gasteiger partial charge in [-0.1, -0.05) is 39.0 Å². The maximum atomic E-state index is 9.03. The van der Waals surface area contributed by atoms with E-state index in [-0.39, 0.29) is 12.5 Å². The molecule has 0 bridgehead atoms. The standard InChI is InChI=1S/C15H25NO2/c1-4-14(16-5-2)13-8-6-7-9-15(13)18-11-12(3)10-17/h6-9,12,14,16-17H,4-5,10-11H2,1-3H3. The van der Waals surface area contributed by atoms with Gasteiger partial charge in [-0.05, 0) is 19.0 Å². The van der Waals surface area contributed by atoms with Gasteiger partial charge in [0.05, 0.1) is 6.61 Å². The van der Waals surface area contributed by atoms with Gasteiger partial charge in [-0.25, -0.2) is 0 Å². The van der Waals surface area contributed by atoms with Crippen molar-refractivity contribution in [3.05, 3.63) is 29.8 Å². The minimum Gasteiger partial charge on any atom is -0.493 e. The molecule has 3 nitrogen and oxygen atoms in total. The van der Waals surface area contributed by atoms with Crippen LogP contribution in [0, 0.1) is 5.92 Å². The van der Waals surface area contributed by atoms with Crippen molar-refractivity contribution in [1.82, 2.24) is 5.32 Å². The summed E-state index contributed by atoms with van der Waals surface area (Å²) < 4.78 is 5.82. The molecule has 2 atom stereocenters. The van der Waals surface area contributed by atoms with Crippen LogP contribution in [-0.2, 0) is 0 Å². The zero-order valence-corrected chi connectivity index (χ0v) is 11.6. The molecule has 1 rings (SSSR count). The topological polar surface area (TPSA) is 41.5 Å². The minimum absolute atomic E-state index is 0.159. The Morgan fingerprint density at radius 3 is 2.61 bits per heavy atom. The van der Waals surface area contributed by atoms with Gasteiger partial charge in [0.1, 0.15) is 5.75 Å². The molecule has 1 aromatic carbocycles. The Morgan fingerprint density at radius 2 is 2.00 bits per heavy atom. The van der Waals surface area contributed by atoms with Crippen LogP contribution in [-0.4, -0.2) is 24.9 Å². The van der Waals surface area contributed by atoms with Crippen LogP contribution in [0.5, 0.6) is 5.75 Å². The summed E-state index contributed by atoms with van der Waals surface area (Å²) in [7, 11) is 0. The smallest absolute Gasteiger partial charge is 0.124 e. The van der Waals surface area contributed by atoms with Crippen molar-refractivity contribution in [2.45, 2.75) is 33.2 Å². The van der Waals surface area contributed by atoms with Crippen LogP contribution in [0.4, 0.5) is 0 Å². The molecule has 0 fully saturated rings. The maximum absolute atomic E-state index is 9.03. The van der Waals surface area contributed by atoms with E-state index in [1.54, 1.807) is 0 Å². The van der Waals surface area contributed by atoms with Gasteiger partial charge in [0.25, 0.3) is 0 Å². The minimum atomic E-state index is 0.159. The molecule has 2 unspecified atom stereocenters. The average molecular weight is 251 g/mol. The summed E-state index contributed by atoms with van der Waals surface area (Å²) in [5.74, 6) is 1.09. The van der Waals surface area contributed by atoms with E-state index < -0.39 is 0 Å². The van der Waals surface area contributed by atoms with Gasteiger partial charge in [0.15, 0.2) is 0 Å². The molecule has 0 heterocycles. The van der Waals surface area contributed by atoms with Crippen molar-refractivity contribution in [3.63, 3.8) is 0 Å². The molecule has 0 saturated heterocycles. The normalized spacial score (nSPS) is 14.2. The molecular weight excluding hydrogens is 226 g/mol. The number of rotatable bonds is 8. The maximum Gasteiger partial charge on any atom is 0.124 e. The van der Waals surface area contributed by atoms with E-state index in [2.05, 4.69) is 25.2 Å². The molecule has 0 aliphatic heterocycles. The van der Waals surface area contributed by atoms with Crippen molar-refractivity contribution in [3.8, 4) is 5.75 Å². The number of nitrogens with one attached hydrogen (secondary N) is 1. The number of aliphatic hydroxyl groups excluding tert-OH is 1. The van der Waals surface area contributed by atoms with Gasteiger partial charge in [-0.2, -0.15) is 0 Å². The highest BCUT2D eigenvalue weighted by molar-refractivity contribution is 5.35. The van der Waals surface area contributed by atoms with Gasteiger partial charge in [0.2, 0.25) is 0 Å². The van der Waals surface area contributed by atoms with Crippen LogP contribution in [0.25, 0.3) is 0 Å². The molecule has 1 aromatic rings. The summed E-state index contributed by atoms with van der Waals surface area (Å²) in [6.45, 7) is 7.91. The Hall–Kier alpha value is -1.06. The number of para-hydroxylation sites is 1. The summed E-state index contributed by atoms with van der Waals surface area (Å²) in [4.78, 5) is 0. The van der Waals surface area contributed by atoms with E-state index in [4.69, 9.17) is 9.84 Å². The quantitative estimate of drug-likeness (QED) is 0.746. The monoisotopic (exact) mass is 251 g/mol. The molecule has 0 radical (unpaired) electrons. The van der Waals surface area contributed by atoms with E-state index in [0.717, 1.165) is 18.7 Å². The Morgan fingerprint density at radius 1 is 1.28 bits per heavy atom. The lowest BCUT2D eigenvalue weighted by atomic mass is 10.0. The number of ether oxygens (including phenoxy) is 1. The first kappa shape index (κ1) is 15.0. The Labute approximate surface area is 110 Å². The van der Waals surface area contributed by atoms with Gasteiger partial charge >= 0.3 is 0 Å². The second-order valence-electron chi connectivity index (χ2n) is 4.66. The van der Waals surface area contributed by atoms with E-state index in [1.807, 2.05) is 25.1 Å². The summed E-state index contributed by atoms with van der Waals surface area (Å²) in [5, 5.41) is 12.5. The summed E-state index contributed by atoms with van der Waals surface area (Å²) >= 11 is 0. The second-order valence-corrected chi connectivity index (χ2v) is 4.66. The van der Waals surface area contributed by atoms with Gasteiger partial charge < -0.3 is 15.2 Å². The average Bonchev–Trinajstić information content (AvgIpc) is 2.42. The highest BCUT2D eigenvalue weighted by atomic mass is 16.5. The zero-order valence-electron chi connectivity index (χ0n) is 11.6. The SMILES string of the molecule is CCNC(CC)c1ccccc1OCC(C)CO. The first-order valence-corrected chi connectivity index (χ1v) is 6.78. The predicted octanol–water partition coefficient (Wildman–Crippen LogP) is 2.75. The third kappa shape index (κ3) is 4.31. The van der Waals surface area contributed by atoms with Gasteiger partial charge in [-0.15, -0.1) is 0 Å². The van der Waals surface area contributed by atoms with E-state index in [1.165, 1.54) is 5.56 Å². The Kier molecular flexibility index (Phi) is 6.76. The van der Waals surface area contributed by atoms with Crippen LogP contribution >= 0.6 is 0 Å². The third-order valence-corrected chi connectivity index (χ3v) is 2.99. The van der Waals surface area contributed by atoms with Crippen LogP contribution in [0.15, 0.2) is 24.3 Å². The Bertz CT molecular complexity index is 341. The lowest BCUT2D eigenvalue weighted by molar-refractivity contribution is 0.173. The second kappa shape index (κ2) is 8.11. The molecule has 2 N–H and O–H groups in total. The molecule has 0 spiro atoms. The lowest BCUT2D eigenvalue weighted by Gasteiger charge is -2.20. The first-order chi connectivity index (χ1) is 8.72. The van der Waals surface area contributed by atoms with E-state index >= 15 is 0 Å². The number of aliphatic hydroxyl groups is 1. The number of hydrogen-bond donors (Lipinski definition) is 2. The van der Waals surface area contributed by atoms with E-state index in [0.29, 0.717) is 12.6 Å². The van der Waals surface area contributed by atoms with Crippen molar-refractivity contribution >= 4 is 0 Å². The van der Waals surface area contributed by atoms with Gasteiger partial charge in [-0.3, -0.25) is 0 Å². The number of hydrogen-bond acceptors (Lipinski definition) is 3. The molecule has 0 aromatic heterocycles. The zero-order chi connectivity index (χ0) is 13.4. The molecule has 18 heavy (non-hydrogen) atoms. The summed E-state index contributed by atoms with van der Waals surface area (Å²) in [6.07, 6.45) is 1.03. The predicted molar refractivity (Wildman–Crippen MR) is 74.9 cm³/mol. The van der Waals surface area contributed by atoms with Crippen molar-refractivity contribution in [2.24, 2.45) is 5.92 Å². The van der Waals surface area contributed by atoms with Crippen LogP contribution in [0.2, 0.25) is 0 Å². The molecule has 0 aliphatic carbocycles.